The molecule has 1 N–H and O–H groups in total. The maximum Gasteiger partial charge on any atom is 0.246 e. The molecule has 162 valence electrons. The van der Waals surface area contributed by atoms with E-state index in [-0.39, 0.29) is 5.92 Å². The van der Waals surface area contributed by atoms with Crippen molar-refractivity contribution in [3.63, 3.8) is 0 Å². The minimum atomic E-state index is -0.718. The van der Waals surface area contributed by atoms with Crippen LogP contribution in [0.25, 0.3) is 5.69 Å². The monoisotopic (exact) mass is 423 g/mol. The van der Waals surface area contributed by atoms with Gasteiger partial charge in [0, 0.05) is 47.1 Å². The number of halogens is 1. The molecule has 2 fully saturated rings. The number of alkyl halides is 1. The number of benzene rings is 1. The summed E-state index contributed by atoms with van der Waals surface area (Å²) in [5.74, 6) is 2.53. The van der Waals surface area contributed by atoms with Gasteiger partial charge in [-0.2, -0.15) is 4.98 Å². The van der Waals surface area contributed by atoms with Crippen molar-refractivity contribution in [2.75, 3.05) is 19.5 Å². The molecule has 7 nitrogen and oxygen atoms in total. The molecule has 2 atom stereocenters. The molecule has 0 saturated heterocycles. The quantitative estimate of drug-likeness (QED) is 0.582. The average molecular weight is 423 g/mol. The first-order valence-corrected chi connectivity index (χ1v) is 10.7. The lowest BCUT2D eigenvalue weighted by Crippen LogP contribution is -2.04. The fourth-order valence-corrected chi connectivity index (χ4v) is 4.14. The van der Waals surface area contributed by atoms with Crippen molar-refractivity contribution in [3.8, 4) is 17.2 Å². The third kappa shape index (κ3) is 4.33. The number of pyridine rings is 1. The van der Waals surface area contributed by atoms with Crippen molar-refractivity contribution in [1.29, 1.82) is 0 Å². The summed E-state index contributed by atoms with van der Waals surface area (Å²) >= 11 is 0. The van der Waals surface area contributed by atoms with E-state index < -0.39 is 6.17 Å². The Hall–Kier alpha value is -3.16. The average Bonchev–Trinajstić information content (AvgIpc) is 3.39. The highest BCUT2D eigenvalue weighted by molar-refractivity contribution is 5.55. The zero-order chi connectivity index (χ0) is 21.4. The molecule has 2 aliphatic rings. The maximum absolute atomic E-state index is 13.8. The van der Waals surface area contributed by atoms with Crippen LogP contribution in [0.5, 0.6) is 11.5 Å². The number of hydrogen-bond acceptors (Lipinski definition) is 6. The van der Waals surface area contributed by atoms with Gasteiger partial charge >= 0.3 is 0 Å². The maximum atomic E-state index is 13.8. The van der Waals surface area contributed by atoms with Crippen molar-refractivity contribution < 1.29 is 13.9 Å². The molecule has 1 aromatic carbocycles. The molecular formula is C23H26FN5O2. The van der Waals surface area contributed by atoms with Crippen LogP contribution in [-0.2, 0) is 0 Å². The van der Waals surface area contributed by atoms with Crippen LogP contribution in [0.3, 0.4) is 0 Å². The molecule has 2 heterocycles. The first-order chi connectivity index (χ1) is 15.1. The van der Waals surface area contributed by atoms with Crippen LogP contribution >= 0.6 is 0 Å². The minimum absolute atomic E-state index is 0.184. The lowest BCUT2D eigenvalue weighted by molar-refractivity contribution is 0.339. The SMILES string of the molecule is COc1cc(OC)cc(-n2cnc(Nc3cc(C4CC4)nc(C4CC[C@@H](F)C4)c3)n2)c1. The molecule has 3 aromatic rings. The molecule has 8 heteroatoms. The van der Waals surface area contributed by atoms with E-state index in [1.54, 1.807) is 25.2 Å². The predicted molar refractivity (Wildman–Crippen MR) is 115 cm³/mol. The molecule has 0 spiro atoms. The highest BCUT2D eigenvalue weighted by Gasteiger charge is 2.30. The van der Waals surface area contributed by atoms with Crippen LogP contribution in [0.1, 0.15) is 55.3 Å². The van der Waals surface area contributed by atoms with Gasteiger partial charge in [-0.1, -0.05) is 0 Å². The van der Waals surface area contributed by atoms with Gasteiger partial charge in [-0.15, -0.1) is 5.10 Å². The summed E-state index contributed by atoms with van der Waals surface area (Å²) in [5, 5.41) is 7.87. The van der Waals surface area contributed by atoms with Gasteiger partial charge in [0.25, 0.3) is 0 Å². The molecular weight excluding hydrogens is 397 g/mol. The smallest absolute Gasteiger partial charge is 0.246 e. The Bertz CT molecular complexity index is 1060. The van der Waals surface area contributed by atoms with E-state index in [0.717, 1.165) is 42.0 Å². The van der Waals surface area contributed by atoms with E-state index in [4.69, 9.17) is 14.5 Å². The number of aromatic nitrogens is 4. The first-order valence-electron chi connectivity index (χ1n) is 10.7. The largest absolute Gasteiger partial charge is 0.497 e. The fourth-order valence-electron chi connectivity index (χ4n) is 4.14. The molecule has 0 aliphatic heterocycles. The number of methoxy groups -OCH3 is 2. The van der Waals surface area contributed by atoms with Crippen LogP contribution in [0.15, 0.2) is 36.7 Å². The second-order valence-corrected chi connectivity index (χ2v) is 8.30. The predicted octanol–water partition coefficient (Wildman–Crippen LogP) is 4.91. The highest BCUT2D eigenvalue weighted by atomic mass is 19.1. The summed E-state index contributed by atoms with van der Waals surface area (Å²) in [6, 6.07) is 9.62. The zero-order valence-electron chi connectivity index (χ0n) is 17.7. The summed E-state index contributed by atoms with van der Waals surface area (Å²) in [6.07, 6.45) is 5.29. The normalized spacial score (nSPS) is 20.6. The molecule has 5 rings (SSSR count). The molecule has 1 unspecified atom stereocenters. The Kier molecular flexibility index (Phi) is 5.21. The van der Waals surface area contributed by atoms with Gasteiger partial charge in [-0.3, -0.25) is 4.98 Å². The zero-order valence-corrected chi connectivity index (χ0v) is 17.7. The van der Waals surface area contributed by atoms with E-state index >= 15 is 0 Å². The van der Waals surface area contributed by atoms with E-state index in [0.29, 0.717) is 36.2 Å². The van der Waals surface area contributed by atoms with E-state index in [9.17, 15) is 4.39 Å². The van der Waals surface area contributed by atoms with Crippen LogP contribution < -0.4 is 14.8 Å². The highest BCUT2D eigenvalue weighted by Crippen LogP contribution is 2.42. The Morgan fingerprint density at radius 2 is 1.61 bits per heavy atom. The van der Waals surface area contributed by atoms with Crippen LogP contribution in [-0.4, -0.2) is 40.1 Å². The third-order valence-electron chi connectivity index (χ3n) is 6.00. The molecule has 31 heavy (non-hydrogen) atoms. The molecule has 2 aromatic heterocycles. The number of ether oxygens (including phenoxy) is 2. The Labute approximate surface area is 180 Å². The van der Waals surface area contributed by atoms with Crippen molar-refractivity contribution in [2.24, 2.45) is 0 Å². The molecule has 0 radical (unpaired) electrons. The summed E-state index contributed by atoms with van der Waals surface area (Å²) in [6.45, 7) is 0. The summed E-state index contributed by atoms with van der Waals surface area (Å²) in [5.41, 5.74) is 3.74. The van der Waals surface area contributed by atoms with Crippen molar-refractivity contribution in [1.82, 2.24) is 19.7 Å². The number of hydrogen-bond donors (Lipinski definition) is 1. The summed E-state index contributed by atoms with van der Waals surface area (Å²) in [4.78, 5) is 9.27. The van der Waals surface area contributed by atoms with Gasteiger partial charge in [-0.05, 0) is 44.2 Å². The Balaban J connectivity index is 1.41. The van der Waals surface area contributed by atoms with Crippen molar-refractivity contribution in [3.05, 3.63) is 48.0 Å². The van der Waals surface area contributed by atoms with Gasteiger partial charge in [0.1, 0.15) is 24.0 Å². The summed E-state index contributed by atoms with van der Waals surface area (Å²) in [7, 11) is 3.22. The van der Waals surface area contributed by atoms with E-state index in [2.05, 4.69) is 21.5 Å². The van der Waals surface area contributed by atoms with Crippen molar-refractivity contribution >= 4 is 11.6 Å². The first kappa shape index (κ1) is 19.8. The molecule has 0 amide bonds. The fraction of sp³-hybridized carbons (Fsp3) is 0.435. The van der Waals surface area contributed by atoms with Gasteiger partial charge in [0.2, 0.25) is 5.95 Å². The molecule has 2 saturated carbocycles. The van der Waals surface area contributed by atoms with E-state index in [1.807, 2.05) is 24.3 Å². The van der Waals surface area contributed by atoms with E-state index in [1.165, 1.54) is 0 Å². The summed E-state index contributed by atoms with van der Waals surface area (Å²) < 4.78 is 26.1. The molecule has 2 aliphatic carbocycles. The minimum Gasteiger partial charge on any atom is -0.497 e. The van der Waals surface area contributed by atoms with Gasteiger partial charge < -0.3 is 14.8 Å². The number of anilines is 2. The lowest BCUT2D eigenvalue weighted by atomic mass is 10.0. The Morgan fingerprint density at radius 1 is 0.935 bits per heavy atom. The standard InChI is InChI=1S/C23H26FN5O2/c1-30-19-10-18(11-20(12-19)31-2)29-13-25-23(28-29)26-17-8-21(14-3-4-14)27-22(9-17)15-5-6-16(24)7-15/h8-16H,3-7H2,1-2H3,(H,26,27,28)/t15?,16-/m1/s1. The van der Waals surface area contributed by atoms with Crippen LogP contribution in [0.2, 0.25) is 0 Å². The lowest BCUT2D eigenvalue weighted by Gasteiger charge is -2.13. The van der Waals surface area contributed by atoms with Gasteiger partial charge in [0.15, 0.2) is 0 Å². The van der Waals surface area contributed by atoms with Crippen LogP contribution in [0.4, 0.5) is 16.0 Å². The van der Waals surface area contributed by atoms with Gasteiger partial charge in [0.05, 0.1) is 19.9 Å². The second-order valence-electron chi connectivity index (χ2n) is 8.30. The number of nitrogens with one attached hydrogen (secondary N) is 1. The van der Waals surface area contributed by atoms with Gasteiger partial charge in [-0.25, -0.2) is 9.07 Å². The molecule has 0 bridgehead atoms. The van der Waals surface area contributed by atoms with Crippen LogP contribution in [0, 0.1) is 0 Å². The number of nitrogens with zero attached hydrogens (tertiary/aromatic N) is 4. The topological polar surface area (TPSA) is 74.1 Å². The van der Waals surface area contributed by atoms with Crippen molar-refractivity contribution in [2.45, 2.75) is 50.1 Å². The number of rotatable bonds is 7. The Morgan fingerprint density at radius 3 is 2.23 bits per heavy atom. The third-order valence-corrected chi connectivity index (χ3v) is 6.00. The second kappa shape index (κ2) is 8.17.